The van der Waals surface area contributed by atoms with Gasteiger partial charge in [0.1, 0.15) is 21.7 Å². The summed E-state index contributed by atoms with van der Waals surface area (Å²) in [4.78, 5) is 9.42. The largest absolute Gasteiger partial charge is 0.384 e. The van der Waals surface area contributed by atoms with Gasteiger partial charge >= 0.3 is 0 Å². The van der Waals surface area contributed by atoms with Gasteiger partial charge < -0.3 is 11.5 Å². The Morgan fingerprint density at radius 2 is 1.00 bits per heavy atom. The molecule has 5 rings (SSSR count). The molecule has 0 saturated carbocycles. The Labute approximate surface area is 204 Å². The van der Waals surface area contributed by atoms with Crippen LogP contribution in [-0.2, 0) is 0 Å². The number of nitrogen functional groups attached to an aromatic ring is 2. The number of nitrogens with zero attached hydrogens (tertiary/aromatic N) is 2. The lowest BCUT2D eigenvalue weighted by atomic mass is 10.1. The van der Waals surface area contributed by atoms with Gasteiger partial charge in [0, 0.05) is 22.3 Å². The Kier molecular flexibility index (Phi) is 6.80. The maximum absolute atomic E-state index is 7.60. The van der Waals surface area contributed by atoms with E-state index in [0.29, 0.717) is 11.1 Å². The highest BCUT2D eigenvalue weighted by Crippen LogP contribution is 2.34. The van der Waals surface area contributed by atoms with Crippen molar-refractivity contribution in [2.24, 2.45) is 11.5 Å². The molecule has 0 radical (unpaired) electrons. The minimum Gasteiger partial charge on any atom is -0.384 e. The van der Waals surface area contributed by atoms with Crippen molar-refractivity contribution in [2.75, 3.05) is 0 Å². The van der Waals surface area contributed by atoms with E-state index >= 15 is 0 Å². The van der Waals surface area contributed by atoms with Crippen molar-refractivity contribution in [1.82, 2.24) is 9.97 Å². The highest BCUT2D eigenvalue weighted by Gasteiger charge is 2.11. The number of rotatable bonds is 4. The number of amidine groups is 2. The smallest absolute Gasteiger partial charge is 0.124 e. The van der Waals surface area contributed by atoms with Crippen LogP contribution in [0.5, 0.6) is 0 Å². The predicted octanol–water partition coefficient (Wildman–Crippen LogP) is 5.65. The minimum absolute atomic E-state index is 0. The molecule has 5 aromatic rings. The summed E-state index contributed by atoms with van der Waals surface area (Å²) in [6, 6.07) is 19.4. The summed E-state index contributed by atoms with van der Waals surface area (Å²) >= 11 is 3.17. The molecule has 0 aliphatic carbocycles. The van der Waals surface area contributed by atoms with Crippen molar-refractivity contribution in [1.29, 1.82) is 10.8 Å². The van der Waals surface area contributed by atoms with Gasteiger partial charge in [-0.05, 0) is 36.4 Å². The van der Waals surface area contributed by atoms with Crippen molar-refractivity contribution in [2.45, 2.75) is 0 Å². The molecular weight excluding hydrogens is 483 g/mol. The van der Waals surface area contributed by atoms with Gasteiger partial charge in [0.2, 0.25) is 0 Å². The highest BCUT2D eigenvalue weighted by atomic mass is 35.5. The Morgan fingerprint density at radius 1 is 0.625 bits per heavy atom. The molecule has 0 fully saturated rings. The van der Waals surface area contributed by atoms with E-state index in [1.54, 1.807) is 22.7 Å². The Balaban J connectivity index is 0.00000144. The van der Waals surface area contributed by atoms with E-state index in [4.69, 9.17) is 32.3 Å². The summed E-state index contributed by atoms with van der Waals surface area (Å²) in [5.41, 5.74) is 16.5. The van der Waals surface area contributed by atoms with Gasteiger partial charge in [0.05, 0.1) is 20.4 Å². The lowest BCUT2D eigenvalue weighted by Crippen LogP contribution is -2.10. The maximum Gasteiger partial charge on any atom is 0.124 e. The summed E-state index contributed by atoms with van der Waals surface area (Å²) in [6.45, 7) is 0. The minimum atomic E-state index is 0. The van der Waals surface area contributed by atoms with Crippen LogP contribution in [0, 0.1) is 10.8 Å². The highest BCUT2D eigenvalue weighted by molar-refractivity contribution is 7.22. The third kappa shape index (κ3) is 4.31. The van der Waals surface area contributed by atoms with Crippen molar-refractivity contribution in [3.63, 3.8) is 0 Å². The van der Waals surface area contributed by atoms with E-state index in [-0.39, 0.29) is 36.5 Å². The summed E-state index contributed by atoms with van der Waals surface area (Å²) in [5, 5.41) is 17.0. The lowest BCUT2D eigenvalue weighted by molar-refractivity contribution is 1.42. The Hall–Kier alpha value is -3.04. The van der Waals surface area contributed by atoms with Crippen molar-refractivity contribution < 1.29 is 0 Å². The van der Waals surface area contributed by atoms with Crippen LogP contribution in [0.2, 0.25) is 0 Å². The number of aromatic nitrogens is 2. The maximum atomic E-state index is 7.60. The standard InChI is InChI=1S/C22H16N6S2.2ClH/c23-19(24)13-5-7-15-17(9-13)29-21(27-15)11-1-2-12(4-3-11)22-28-16-8-6-14(20(25)26)10-18(16)30-22;;/h1-10H,(H3,23,24)(H3,25,26);2*1H. The molecule has 32 heavy (non-hydrogen) atoms. The summed E-state index contributed by atoms with van der Waals surface area (Å²) in [6.07, 6.45) is 0. The first-order chi connectivity index (χ1) is 14.5. The normalized spacial score (nSPS) is 10.5. The molecule has 0 amide bonds. The third-order valence-corrected chi connectivity index (χ3v) is 6.91. The second-order valence-electron chi connectivity index (χ2n) is 6.81. The molecule has 2 aromatic heterocycles. The number of halogens is 2. The van der Waals surface area contributed by atoms with Crippen LogP contribution in [-0.4, -0.2) is 21.6 Å². The van der Waals surface area contributed by atoms with Gasteiger partial charge in [0.15, 0.2) is 0 Å². The summed E-state index contributed by atoms with van der Waals surface area (Å²) in [5.74, 6) is 0.116. The fraction of sp³-hybridized carbons (Fsp3) is 0. The molecule has 0 aliphatic heterocycles. The molecule has 6 N–H and O–H groups in total. The molecule has 0 atom stereocenters. The number of nitrogens with one attached hydrogen (secondary N) is 2. The van der Waals surface area contributed by atoms with Gasteiger partial charge in [-0.15, -0.1) is 47.5 Å². The average molecular weight is 501 g/mol. The van der Waals surface area contributed by atoms with Crippen LogP contribution in [0.4, 0.5) is 0 Å². The van der Waals surface area contributed by atoms with Crippen LogP contribution < -0.4 is 11.5 Å². The molecule has 162 valence electrons. The fourth-order valence-corrected chi connectivity index (χ4v) is 5.21. The molecule has 2 heterocycles. The first-order valence-electron chi connectivity index (χ1n) is 9.09. The Bertz CT molecular complexity index is 1350. The van der Waals surface area contributed by atoms with E-state index in [2.05, 4.69) is 0 Å². The average Bonchev–Trinajstić information content (AvgIpc) is 3.36. The molecule has 0 bridgehead atoms. The van der Waals surface area contributed by atoms with Crippen LogP contribution in [0.3, 0.4) is 0 Å². The van der Waals surface area contributed by atoms with E-state index in [1.807, 2.05) is 60.7 Å². The second-order valence-corrected chi connectivity index (χ2v) is 8.87. The van der Waals surface area contributed by atoms with Crippen LogP contribution >= 0.6 is 47.5 Å². The molecule has 3 aromatic carbocycles. The van der Waals surface area contributed by atoms with Crippen LogP contribution in [0.1, 0.15) is 11.1 Å². The Morgan fingerprint density at radius 3 is 1.34 bits per heavy atom. The van der Waals surface area contributed by atoms with E-state index in [1.165, 1.54) is 0 Å². The van der Waals surface area contributed by atoms with Crippen molar-refractivity contribution in [3.8, 4) is 21.1 Å². The topological polar surface area (TPSA) is 126 Å². The zero-order valence-electron chi connectivity index (χ0n) is 16.5. The molecule has 0 spiro atoms. The van der Waals surface area contributed by atoms with Crippen molar-refractivity contribution in [3.05, 3.63) is 71.8 Å². The zero-order chi connectivity index (χ0) is 20.8. The third-order valence-electron chi connectivity index (χ3n) is 4.78. The number of thiazole rings is 2. The lowest BCUT2D eigenvalue weighted by Gasteiger charge is -1.98. The molecule has 10 heteroatoms. The van der Waals surface area contributed by atoms with Gasteiger partial charge in [0.25, 0.3) is 0 Å². The number of benzene rings is 3. The molecule has 0 unspecified atom stereocenters. The SMILES string of the molecule is Cl.Cl.N=C(N)c1ccc2nc(-c3ccc(-c4nc5ccc(C(=N)N)cc5s4)cc3)sc2c1. The fourth-order valence-electron chi connectivity index (χ4n) is 3.19. The monoisotopic (exact) mass is 500 g/mol. The number of fused-ring (bicyclic) bond motifs is 2. The van der Waals surface area contributed by atoms with E-state index in [0.717, 1.165) is 41.6 Å². The van der Waals surface area contributed by atoms with Crippen LogP contribution in [0.25, 0.3) is 41.6 Å². The molecule has 6 nitrogen and oxygen atoms in total. The first kappa shape index (κ1) is 23.6. The van der Waals surface area contributed by atoms with Crippen LogP contribution in [0.15, 0.2) is 60.7 Å². The van der Waals surface area contributed by atoms with E-state index in [9.17, 15) is 0 Å². The van der Waals surface area contributed by atoms with Gasteiger partial charge in [-0.1, -0.05) is 24.3 Å². The van der Waals surface area contributed by atoms with E-state index < -0.39 is 0 Å². The predicted molar refractivity (Wildman–Crippen MR) is 140 cm³/mol. The first-order valence-corrected chi connectivity index (χ1v) is 10.7. The summed E-state index contributed by atoms with van der Waals surface area (Å²) in [7, 11) is 0. The molecular formula is C22H18Cl2N6S2. The quantitative estimate of drug-likeness (QED) is 0.187. The number of hydrogen-bond donors (Lipinski definition) is 4. The number of hydrogen-bond acceptors (Lipinski definition) is 6. The zero-order valence-corrected chi connectivity index (χ0v) is 19.7. The molecule has 0 saturated heterocycles. The van der Waals surface area contributed by atoms with Gasteiger partial charge in [-0.25, -0.2) is 9.97 Å². The molecule has 0 aliphatic rings. The van der Waals surface area contributed by atoms with Gasteiger partial charge in [-0.2, -0.15) is 0 Å². The summed E-state index contributed by atoms with van der Waals surface area (Å²) < 4.78 is 2.02. The number of nitrogens with two attached hydrogens (primary N) is 2. The van der Waals surface area contributed by atoms with Gasteiger partial charge in [-0.3, -0.25) is 10.8 Å². The second kappa shape index (κ2) is 9.22. The van der Waals surface area contributed by atoms with Crippen molar-refractivity contribution >= 4 is 79.6 Å².